The molecule has 1 aromatic carbocycles. The van der Waals surface area contributed by atoms with Crippen molar-refractivity contribution in [1.82, 2.24) is 0 Å². The molecular formula is C9H13IO3S+. The molecule has 1 radical (unpaired) electrons. The summed E-state index contributed by atoms with van der Waals surface area (Å²) in [6, 6.07) is 6.68. The van der Waals surface area contributed by atoms with Gasteiger partial charge in [0.05, 0.1) is 4.90 Å². The van der Waals surface area contributed by atoms with Crippen LogP contribution in [-0.2, 0) is 12.6 Å². The van der Waals surface area contributed by atoms with Gasteiger partial charge in [-0.15, -0.1) is 0 Å². The standard InChI is InChI=1S/C9H13IO3S/c1-8-4-6-9(7-5-8)14(11,12)13-10(2)3/h4-7H,1-3H3/q+1. The predicted octanol–water partition coefficient (Wildman–Crippen LogP) is -1.50. The first-order chi connectivity index (χ1) is 6.42. The highest BCUT2D eigenvalue weighted by Gasteiger charge is 2.23. The molecule has 3 nitrogen and oxygen atoms in total. The molecule has 0 spiro atoms. The molecule has 5 heteroatoms. The van der Waals surface area contributed by atoms with Crippen LogP contribution in [0.4, 0.5) is 0 Å². The molecule has 0 bridgehead atoms. The maximum absolute atomic E-state index is 11.6. The highest BCUT2D eigenvalue weighted by atomic mass is 127. The molecule has 0 fully saturated rings. The maximum Gasteiger partial charge on any atom is 0.335 e. The molecule has 0 N–H and O–H groups in total. The van der Waals surface area contributed by atoms with Gasteiger partial charge in [-0.1, -0.05) is 20.2 Å². The van der Waals surface area contributed by atoms with Gasteiger partial charge < -0.3 is 0 Å². The van der Waals surface area contributed by atoms with E-state index in [9.17, 15) is 8.42 Å². The third kappa shape index (κ3) is 3.21. The monoisotopic (exact) mass is 328 g/mol. The van der Waals surface area contributed by atoms with Crippen LogP contribution in [0.5, 0.6) is 0 Å². The molecule has 14 heavy (non-hydrogen) atoms. The quantitative estimate of drug-likeness (QED) is 0.501. The summed E-state index contributed by atoms with van der Waals surface area (Å²) in [7, 11) is -3.51. The van der Waals surface area contributed by atoms with E-state index in [4.69, 9.17) is 2.51 Å². The second-order valence-electron chi connectivity index (χ2n) is 3.02. The van der Waals surface area contributed by atoms with Crippen LogP contribution in [0, 0.1) is 6.92 Å². The van der Waals surface area contributed by atoms with E-state index < -0.39 is 30.4 Å². The second-order valence-corrected chi connectivity index (χ2v) is 9.52. The Kier molecular flexibility index (Phi) is 3.91. The fraction of sp³-hybridized carbons (Fsp3) is 0.333. The lowest BCUT2D eigenvalue weighted by atomic mass is 10.2. The lowest BCUT2D eigenvalue weighted by Gasteiger charge is -2.00. The molecule has 0 atom stereocenters. The van der Waals surface area contributed by atoms with Crippen LogP contribution in [0.3, 0.4) is 0 Å². The normalized spacial score (nSPS) is 12.0. The van der Waals surface area contributed by atoms with E-state index in [-0.39, 0.29) is 4.90 Å². The van der Waals surface area contributed by atoms with Gasteiger partial charge in [0, 0.05) is 0 Å². The van der Waals surface area contributed by atoms with Crippen LogP contribution in [0.25, 0.3) is 0 Å². The summed E-state index contributed by atoms with van der Waals surface area (Å²) in [4.78, 5) is 3.93. The number of benzene rings is 1. The van der Waals surface area contributed by atoms with E-state index in [1.807, 2.05) is 16.8 Å². The van der Waals surface area contributed by atoms with Crippen molar-refractivity contribution in [2.45, 2.75) is 11.8 Å². The number of rotatable bonds is 3. The number of alkyl halides is 2. The summed E-state index contributed by atoms with van der Waals surface area (Å²) in [5, 5.41) is 0. The Hall–Kier alpha value is -0.140. The van der Waals surface area contributed by atoms with Gasteiger partial charge in [-0.05, 0) is 19.1 Å². The van der Waals surface area contributed by atoms with E-state index in [1.54, 1.807) is 24.3 Å². The molecule has 79 valence electrons. The van der Waals surface area contributed by atoms with Crippen molar-refractivity contribution >= 4 is 10.1 Å². The zero-order valence-electron chi connectivity index (χ0n) is 8.32. The lowest BCUT2D eigenvalue weighted by Crippen LogP contribution is -3.84. The first-order valence-electron chi connectivity index (χ1n) is 3.94. The van der Waals surface area contributed by atoms with E-state index in [1.165, 1.54) is 0 Å². The van der Waals surface area contributed by atoms with Crippen molar-refractivity contribution in [3.05, 3.63) is 29.8 Å². The Balaban J connectivity index is 2.99. The van der Waals surface area contributed by atoms with Crippen molar-refractivity contribution in [3.63, 3.8) is 0 Å². The molecule has 1 aromatic rings. The summed E-state index contributed by atoms with van der Waals surface area (Å²) >= 11 is -1.72. The lowest BCUT2D eigenvalue weighted by molar-refractivity contribution is -1.03. The Morgan fingerprint density at radius 1 is 1.14 bits per heavy atom. The molecule has 0 saturated carbocycles. The Morgan fingerprint density at radius 3 is 2.07 bits per heavy atom. The Labute approximate surface area is 92.5 Å². The topological polar surface area (TPSA) is 43.4 Å². The van der Waals surface area contributed by atoms with Gasteiger partial charge in [0.2, 0.25) is 20.2 Å². The molecule has 0 heterocycles. The molecule has 0 aliphatic heterocycles. The largest absolute Gasteiger partial charge is 0.335 e. The van der Waals surface area contributed by atoms with E-state index >= 15 is 0 Å². The highest BCUT2D eigenvalue weighted by Crippen LogP contribution is 2.10. The third-order valence-electron chi connectivity index (χ3n) is 1.52. The summed E-state index contributed by atoms with van der Waals surface area (Å²) in [5.41, 5.74) is 1.03. The van der Waals surface area contributed by atoms with Gasteiger partial charge in [0.25, 0.3) is 0 Å². The van der Waals surface area contributed by atoms with Crippen molar-refractivity contribution in [1.29, 1.82) is 0 Å². The fourth-order valence-electron chi connectivity index (χ4n) is 0.907. The van der Waals surface area contributed by atoms with Crippen molar-refractivity contribution in [2.24, 2.45) is 0 Å². The molecule has 0 amide bonds. The van der Waals surface area contributed by atoms with Gasteiger partial charge in [-0.2, -0.15) is 8.42 Å². The molecule has 1 rings (SSSR count). The molecule has 0 aliphatic rings. The van der Waals surface area contributed by atoms with Crippen LogP contribution in [0.15, 0.2) is 29.2 Å². The zero-order valence-corrected chi connectivity index (χ0v) is 11.3. The highest BCUT2D eigenvalue weighted by molar-refractivity contribution is 7.86. The summed E-state index contributed by atoms with van der Waals surface area (Å²) in [6.07, 6.45) is 0. The van der Waals surface area contributed by atoms with Gasteiger partial charge in [0.1, 0.15) is 9.86 Å². The van der Waals surface area contributed by atoms with Crippen molar-refractivity contribution < 1.29 is 31.2 Å². The minimum absolute atomic E-state index is 0.245. The SMILES string of the molecule is Cc1ccc(S(=O)(=O)O[I+](C)C)cc1. The Bertz CT molecular complexity index is 395. The van der Waals surface area contributed by atoms with Crippen LogP contribution < -0.4 is 20.2 Å². The van der Waals surface area contributed by atoms with Crippen LogP contribution in [0.2, 0.25) is 0 Å². The summed E-state index contributed by atoms with van der Waals surface area (Å²) < 4.78 is 28.1. The molecule has 0 aromatic heterocycles. The average molecular weight is 328 g/mol. The van der Waals surface area contributed by atoms with E-state index in [0.717, 1.165) is 5.56 Å². The zero-order chi connectivity index (χ0) is 10.8. The van der Waals surface area contributed by atoms with E-state index in [0.29, 0.717) is 0 Å². The Morgan fingerprint density at radius 2 is 1.64 bits per heavy atom. The molecule has 0 aliphatic carbocycles. The maximum atomic E-state index is 11.6. The van der Waals surface area contributed by atoms with Crippen LogP contribution >= 0.6 is 0 Å². The van der Waals surface area contributed by atoms with Crippen LogP contribution in [0.1, 0.15) is 5.56 Å². The van der Waals surface area contributed by atoms with Crippen molar-refractivity contribution in [3.8, 4) is 0 Å². The summed E-state index contributed by atoms with van der Waals surface area (Å²) in [5.74, 6) is 0. The second kappa shape index (κ2) is 4.59. The minimum Gasteiger partial charge on any atom is -0.190 e. The molecule has 0 unspecified atom stereocenters. The molecular weight excluding hydrogens is 315 g/mol. The predicted molar refractivity (Wildman–Crippen MR) is 51.3 cm³/mol. The van der Waals surface area contributed by atoms with Crippen molar-refractivity contribution in [2.75, 3.05) is 9.86 Å². The number of hydrogen-bond acceptors (Lipinski definition) is 3. The average Bonchev–Trinajstić information content (AvgIpc) is 2.02. The molecule has 0 saturated heterocycles. The van der Waals surface area contributed by atoms with Crippen LogP contribution in [-0.4, -0.2) is 18.3 Å². The number of aryl methyl sites for hydroxylation is 1. The smallest absolute Gasteiger partial charge is 0.190 e. The van der Waals surface area contributed by atoms with Gasteiger partial charge in [-0.3, -0.25) is 0 Å². The van der Waals surface area contributed by atoms with Gasteiger partial charge in [-0.25, -0.2) is 0 Å². The first-order valence-corrected chi connectivity index (χ1v) is 10.5. The summed E-state index contributed by atoms with van der Waals surface area (Å²) in [6.45, 7) is 1.91. The first kappa shape index (κ1) is 11.9. The third-order valence-corrected chi connectivity index (χ3v) is 6.36. The number of halogens is 1. The minimum atomic E-state index is -3.51. The number of hydrogen-bond donors (Lipinski definition) is 0. The van der Waals surface area contributed by atoms with E-state index in [2.05, 4.69) is 0 Å². The fourth-order valence-corrected chi connectivity index (χ4v) is 5.24. The van der Waals surface area contributed by atoms with Gasteiger partial charge >= 0.3 is 10.1 Å². The van der Waals surface area contributed by atoms with Gasteiger partial charge in [0.15, 0.2) is 0 Å².